The van der Waals surface area contributed by atoms with Crippen molar-refractivity contribution in [3.63, 3.8) is 0 Å². The summed E-state index contributed by atoms with van der Waals surface area (Å²) in [7, 11) is 0. The number of phenols is 1. The van der Waals surface area contributed by atoms with Crippen molar-refractivity contribution in [1.29, 1.82) is 0 Å². The molecule has 1 aromatic carbocycles. The Morgan fingerprint density at radius 1 is 1.12 bits per heavy atom. The van der Waals surface area contributed by atoms with Crippen LogP contribution in [0.25, 0.3) is 11.3 Å². The Balaban J connectivity index is 1.62. The van der Waals surface area contributed by atoms with Crippen LogP contribution in [0.5, 0.6) is 5.75 Å². The molecular weight excluding hydrogens is 324 g/mol. The largest absolute Gasteiger partial charge is 0.507 e. The fraction of sp³-hybridized carbons (Fsp3) is 0.524. The van der Waals surface area contributed by atoms with Gasteiger partial charge in [-0.3, -0.25) is 0 Å². The van der Waals surface area contributed by atoms with Crippen LogP contribution < -0.4 is 4.90 Å². The highest BCUT2D eigenvalue weighted by atomic mass is 16.3. The molecule has 2 fully saturated rings. The minimum atomic E-state index is 0.266. The van der Waals surface area contributed by atoms with Gasteiger partial charge >= 0.3 is 0 Å². The summed E-state index contributed by atoms with van der Waals surface area (Å²) < 4.78 is 0. The molecule has 138 valence electrons. The molecule has 2 saturated heterocycles. The summed E-state index contributed by atoms with van der Waals surface area (Å²) in [5.41, 5.74) is 3.61. The van der Waals surface area contributed by atoms with Crippen LogP contribution in [0.3, 0.4) is 0 Å². The van der Waals surface area contributed by atoms with Crippen LogP contribution in [-0.4, -0.2) is 52.4 Å². The third-order valence-corrected chi connectivity index (χ3v) is 6.07. The Morgan fingerprint density at radius 2 is 1.92 bits per heavy atom. The molecule has 2 aliphatic rings. The summed E-state index contributed by atoms with van der Waals surface area (Å²) in [5, 5.41) is 19.3. The van der Waals surface area contributed by atoms with Crippen LogP contribution in [0, 0.1) is 19.8 Å². The summed E-state index contributed by atoms with van der Waals surface area (Å²) >= 11 is 0. The monoisotopic (exact) mass is 352 g/mol. The van der Waals surface area contributed by atoms with Gasteiger partial charge in [0.05, 0.1) is 5.69 Å². The number of benzene rings is 1. The first-order chi connectivity index (χ1) is 12.6. The Bertz CT molecular complexity index is 807. The van der Waals surface area contributed by atoms with Crippen molar-refractivity contribution in [1.82, 2.24) is 15.1 Å². The SMILES string of the molecule is CCN1CC[C@@H]2CCN(c3cc(C)c(-c4ccc(C)cc4O)nn3)[C@@H]2C1. The van der Waals surface area contributed by atoms with Crippen molar-refractivity contribution in [3.05, 3.63) is 35.4 Å². The van der Waals surface area contributed by atoms with Gasteiger partial charge in [-0.2, -0.15) is 0 Å². The maximum atomic E-state index is 10.3. The van der Waals surface area contributed by atoms with Gasteiger partial charge in [-0.05, 0) is 75.0 Å². The summed E-state index contributed by atoms with van der Waals surface area (Å²) in [6.07, 6.45) is 2.54. The first-order valence-electron chi connectivity index (χ1n) is 9.70. The van der Waals surface area contributed by atoms with E-state index in [1.54, 1.807) is 6.07 Å². The lowest BCUT2D eigenvalue weighted by molar-refractivity contribution is 0.182. The summed E-state index contributed by atoms with van der Waals surface area (Å²) in [6, 6.07) is 8.38. The number of rotatable bonds is 3. The molecule has 0 saturated carbocycles. The van der Waals surface area contributed by atoms with E-state index in [2.05, 4.69) is 39.9 Å². The van der Waals surface area contributed by atoms with Gasteiger partial charge in [0.1, 0.15) is 5.75 Å². The highest BCUT2D eigenvalue weighted by molar-refractivity contribution is 5.70. The highest BCUT2D eigenvalue weighted by Crippen LogP contribution is 2.36. The molecule has 0 aliphatic carbocycles. The predicted octanol–water partition coefficient (Wildman–Crippen LogP) is 3.39. The number of phenolic OH excluding ortho intramolecular Hbond substituents is 1. The first kappa shape index (κ1) is 17.3. The number of aryl methyl sites for hydroxylation is 2. The normalized spacial score (nSPS) is 23.3. The molecule has 5 heteroatoms. The van der Waals surface area contributed by atoms with Gasteiger partial charge in [-0.1, -0.05) is 13.0 Å². The van der Waals surface area contributed by atoms with E-state index < -0.39 is 0 Å². The van der Waals surface area contributed by atoms with E-state index in [1.165, 1.54) is 19.4 Å². The zero-order chi connectivity index (χ0) is 18.3. The third-order valence-electron chi connectivity index (χ3n) is 6.07. The van der Waals surface area contributed by atoms with Crippen LogP contribution in [-0.2, 0) is 0 Å². The standard InChI is InChI=1S/C21H28N4O/c1-4-24-9-7-16-8-10-25(18(16)13-24)20-12-15(3)21(23-22-20)17-6-5-14(2)11-19(17)26/h5-6,11-12,16,18,26H,4,7-10,13H2,1-3H3/t16-,18-/m1/s1. The predicted molar refractivity (Wildman–Crippen MR) is 105 cm³/mol. The van der Waals surface area contributed by atoms with Crippen molar-refractivity contribution in [2.75, 3.05) is 31.1 Å². The first-order valence-corrected chi connectivity index (χ1v) is 9.70. The molecule has 3 heterocycles. The van der Waals surface area contributed by atoms with Crippen molar-refractivity contribution in [3.8, 4) is 17.0 Å². The van der Waals surface area contributed by atoms with Crippen molar-refractivity contribution < 1.29 is 5.11 Å². The number of nitrogens with zero attached hydrogens (tertiary/aromatic N) is 4. The molecule has 4 rings (SSSR count). The van der Waals surface area contributed by atoms with Gasteiger partial charge in [0.25, 0.3) is 0 Å². The van der Waals surface area contributed by atoms with Crippen molar-refractivity contribution in [2.24, 2.45) is 5.92 Å². The second-order valence-corrected chi connectivity index (χ2v) is 7.75. The number of anilines is 1. The van der Waals surface area contributed by atoms with E-state index in [9.17, 15) is 5.11 Å². The second kappa shape index (κ2) is 6.88. The van der Waals surface area contributed by atoms with E-state index in [1.807, 2.05) is 19.1 Å². The molecule has 2 aromatic rings. The Morgan fingerprint density at radius 3 is 2.65 bits per heavy atom. The fourth-order valence-electron chi connectivity index (χ4n) is 4.50. The number of likely N-dealkylation sites (tertiary alicyclic amines) is 1. The Hall–Kier alpha value is -2.14. The number of hydrogen-bond donors (Lipinski definition) is 1. The lowest BCUT2D eigenvalue weighted by Crippen LogP contribution is -2.48. The number of aromatic hydroxyl groups is 1. The van der Waals surface area contributed by atoms with E-state index in [0.29, 0.717) is 6.04 Å². The topological polar surface area (TPSA) is 52.5 Å². The minimum Gasteiger partial charge on any atom is -0.507 e. The summed E-state index contributed by atoms with van der Waals surface area (Å²) in [6.45, 7) is 10.8. The molecule has 0 bridgehead atoms. The molecule has 5 nitrogen and oxygen atoms in total. The molecule has 26 heavy (non-hydrogen) atoms. The van der Waals surface area contributed by atoms with Crippen LogP contribution in [0.1, 0.15) is 30.9 Å². The number of aromatic nitrogens is 2. The van der Waals surface area contributed by atoms with E-state index in [4.69, 9.17) is 0 Å². The van der Waals surface area contributed by atoms with E-state index in [-0.39, 0.29) is 5.75 Å². The molecule has 1 aromatic heterocycles. The maximum absolute atomic E-state index is 10.3. The summed E-state index contributed by atoms with van der Waals surface area (Å²) in [4.78, 5) is 4.99. The van der Waals surface area contributed by atoms with Crippen molar-refractivity contribution >= 4 is 5.82 Å². The summed E-state index contributed by atoms with van der Waals surface area (Å²) in [5.74, 6) is 2.02. The lowest BCUT2D eigenvalue weighted by Gasteiger charge is -2.38. The van der Waals surface area contributed by atoms with Gasteiger partial charge in [-0.25, -0.2) is 0 Å². The number of likely N-dealkylation sites (N-methyl/N-ethyl adjacent to an activating group) is 1. The Kier molecular flexibility index (Phi) is 4.57. The average molecular weight is 352 g/mol. The molecule has 0 unspecified atom stereocenters. The molecular formula is C21H28N4O. The third kappa shape index (κ3) is 3.05. The maximum Gasteiger partial charge on any atom is 0.151 e. The van der Waals surface area contributed by atoms with Crippen LogP contribution in [0.4, 0.5) is 5.82 Å². The van der Waals surface area contributed by atoms with E-state index in [0.717, 1.165) is 53.8 Å². The van der Waals surface area contributed by atoms with Crippen LogP contribution in [0.2, 0.25) is 0 Å². The molecule has 0 amide bonds. The number of piperidine rings is 1. The van der Waals surface area contributed by atoms with Gasteiger partial charge in [0, 0.05) is 24.7 Å². The molecule has 2 atom stereocenters. The van der Waals surface area contributed by atoms with Gasteiger partial charge < -0.3 is 14.9 Å². The molecule has 0 spiro atoms. The lowest BCUT2D eigenvalue weighted by atomic mass is 9.92. The number of hydrogen-bond acceptors (Lipinski definition) is 5. The van der Waals surface area contributed by atoms with Gasteiger partial charge in [0.2, 0.25) is 0 Å². The molecule has 0 radical (unpaired) electrons. The van der Waals surface area contributed by atoms with Crippen LogP contribution >= 0.6 is 0 Å². The number of fused-ring (bicyclic) bond motifs is 1. The van der Waals surface area contributed by atoms with Gasteiger partial charge in [-0.15, -0.1) is 10.2 Å². The van der Waals surface area contributed by atoms with Gasteiger partial charge in [0.15, 0.2) is 5.82 Å². The zero-order valence-electron chi connectivity index (χ0n) is 15.9. The fourth-order valence-corrected chi connectivity index (χ4v) is 4.50. The highest BCUT2D eigenvalue weighted by Gasteiger charge is 2.38. The molecule has 2 aliphatic heterocycles. The van der Waals surface area contributed by atoms with Crippen LogP contribution in [0.15, 0.2) is 24.3 Å². The Labute approximate surface area is 155 Å². The van der Waals surface area contributed by atoms with E-state index >= 15 is 0 Å². The minimum absolute atomic E-state index is 0.266. The average Bonchev–Trinajstić information content (AvgIpc) is 3.05. The second-order valence-electron chi connectivity index (χ2n) is 7.75. The smallest absolute Gasteiger partial charge is 0.151 e. The quantitative estimate of drug-likeness (QED) is 0.918. The molecule has 1 N–H and O–H groups in total. The van der Waals surface area contributed by atoms with Crippen molar-refractivity contribution in [2.45, 2.75) is 39.7 Å². The zero-order valence-corrected chi connectivity index (χ0v) is 15.9.